The summed E-state index contributed by atoms with van der Waals surface area (Å²) >= 11 is 0. The summed E-state index contributed by atoms with van der Waals surface area (Å²) in [5, 5.41) is 3.66. The number of carbonyl (C=O) groups is 1. The van der Waals surface area contributed by atoms with Crippen LogP contribution < -0.4 is 10.9 Å². The van der Waals surface area contributed by atoms with Crippen molar-refractivity contribution in [2.45, 2.75) is 44.4 Å². The lowest BCUT2D eigenvalue weighted by atomic mass is 10.2. The Morgan fingerprint density at radius 2 is 1.88 bits per heavy atom. The predicted molar refractivity (Wildman–Crippen MR) is 127 cm³/mol. The molecule has 1 amide bonds. The summed E-state index contributed by atoms with van der Waals surface area (Å²) in [6.07, 6.45) is 2.73. The lowest BCUT2D eigenvalue weighted by molar-refractivity contribution is -0.122. The van der Waals surface area contributed by atoms with Crippen LogP contribution in [0.5, 0.6) is 0 Å². The second-order valence-corrected chi connectivity index (χ2v) is 8.97. The van der Waals surface area contributed by atoms with E-state index in [1.165, 1.54) is 5.56 Å². The SMILES string of the molecule is O=C(CCc1nc2ccccc2c(=O)n1C1CC1)NCC1CN(Cc2ccccc2)CCO1. The molecule has 1 aromatic heterocycles. The van der Waals surface area contributed by atoms with Crippen molar-refractivity contribution in [3.8, 4) is 0 Å². The Kier molecular flexibility index (Phi) is 6.51. The minimum atomic E-state index is -0.0384. The van der Waals surface area contributed by atoms with Crippen LogP contribution in [0.15, 0.2) is 59.4 Å². The smallest absolute Gasteiger partial charge is 0.261 e. The number of fused-ring (bicyclic) bond motifs is 1. The van der Waals surface area contributed by atoms with Gasteiger partial charge in [0, 0.05) is 45.1 Å². The molecule has 172 valence electrons. The third-order valence-electron chi connectivity index (χ3n) is 6.37. The van der Waals surface area contributed by atoms with Crippen LogP contribution in [0.1, 0.15) is 36.7 Å². The molecule has 3 aromatic rings. The van der Waals surface area contributed by atoms with Crippen molar-refractivity contribution in [3.05, 3.63) is 76.3 Å². The number of ether oxygens (including phenoxy) is 1. The summed E-state index contributed by atoms with van der Waals surface area (Å²) in [6.45, 7) is 3.74. The molecule has 0 bridgehead atoms. The van der Waals surface area contributed by atoms with Gasteiger partial charge in [-0.25, -0.2) is 4.98 Å². The number of aryl methyl sites for hydroxylation is 1. The maximum Gasteiger partial charge on any atom is 0.261 e. The molecular weight excluding hydrogens is 416 g/mol. The van der Waals surface area contributed by atoms with Crippen LogP contribution in [0.3, 0.4) is 0 Å². The normalized spacial score (nSPS) is 19.0. The van der Waals surface area contributed by atoms with Crippen molar-refractivity contribution in [3.63, 3.8) is 0 Å². The highest BCUT2D eigenvalue weighted by atomic mass is 16.5. The molecule has 1 atom stereocenters. The van der Waals surface area contributed by atoms with Gasteiger partial charge in [-0.15, -0.1) is 0 Å². The number of hydrogen-bond acceptors (Lipinski definition) is 5. The number of para-hydroxylation sites is 1. The summed E-state index contributed by atoms with van der Waals surface area (Å²) in [7, 11) is 0. The van der Waals surface area contributed by atoms with E-state index in [1.54, 1.807) is 4.57 Å². The topological polar surface area (TPSA) is 76.5 Å². The minimum absolute atomic E-state index is 0.00706. The summed E-state index contributed by atoms with van der Waals surface area (Å²) < 4.78 is 7.67. The molecule has 1 saturated carbocycles. The third kappa shape index (κ3) is 5.31. The molecule has 2 aromatic carbocycles. The fraction of sp³-hybridized carbons (Fsp3) is 0.423. The Bertz CT molecular complexity index is 1170. The van der Waals surface area contributed by atoms with Crippen LogP contribution in [0.4, 0.5) is 0 Å². The molecule has 7 heteroatoms. The van der Waals surface area contributed by atoms with Crippen molar-refractivity contribution >= 4 is 16.8 Å². The van der Waals surface area contributed by atoms with Gasteiger partial charge in [0.1, 0.15) is 5.82 Å². The van der Waals surface area contributed by atoms with Gasteiger partial charge in [-0.1, -0.05) is 42.5 Å². The first-order valence-electron chi connectivity index (χ1n) is 11.8. The Morgan fingerprint density at radius 1 is 1.09 bits per heavy atom. The number of hydrogen-bond donors (Lipinski definition) is 1. The highest BCUT2D eigenvalue weighted by molar-refractivity contribution is 5.78. The fourth-order valence-electron chi connectivity index (χ4n) is 4.51. The molecule has 1 N–H and O–H groups in total. The molecule has 2 heterocycles. The van der Waals surface area contributed by atoms with E-state index >= 15 is 0 Å². The van der Waals surface area contributed by atoms with E-state index in [0.717, 1.165) is 32.5 Å². The number of carbonyl (C=O) groups excluding carboxylic acids is 1. The van der Waals surface area contributed by atoms with E-state index < -0.39 is 0 Å². The number of aromatic nitrogens is 2. The molecule has 0 spiro atoms. The molecule has 2 aliphatic rings. The zero-order chi connectivity index (χ0) is 22.6. The fourth-order valence-corrected chi connectivity index (χ4v) is 4.51. The number of morpholine rings is 1. The van der Waals surface area contributed by atoms with E-state index in [-0.39, 0.29) is 23.6 Å². The van der Waals surface area contributed by atoms with Crippen LogP contribution in [0, 0.1) is 0 Å². The van der Waals surface area contributed by atoms with Gasteiger partial charge in [0.2, 0.25) is 5.91 Å². The molecule has 33 heavy (non-hydrogen) atoms. The Balaban J connectivity index is 1.16. The molecule has 1 saturated heterocycles. The number of amides is 1. The van der Waals surface area contributed by atoms with Crippen molar-refractivity contribution in [2.24, 2.45) is 0 Å². The van der Waals surface area contributed by atoms with Gasteiger partial charge in [0.25, 0.3) is 5.56 Å². The molecule has 2 fully saturated rings. The average molecular weight is 447 g/mol. The third-order valence-corrected chi connectivity index (χ3v) is 6.37. The highest BCUT2D eigenvalue weighted by Gasteiger charge is 2.28. The van der Waals surface area contributed by atoms with Gasteiger partial charge in [-0.05, 0) is 30.5 Å². The van der Waals surface area contributed by atoms with Crippen molar-refractivity contribution < 1.29 is 9.53 Å². The molecule has 1 aliphatic carbocycles. The zero-order valence-corrected chi connectivity index (χ0v) is 18.8. The van der Waals surface area contributed by atoms with E-state index in [9.17, 15) is 9.59 Å². The second kappa shape index (κ2) is 9.85. The molecule has 5 rings (SSSR count). The number of benzene rings is 2. The first kappa shape index (κ1) is 21.8. The monoisotopic (exact) mass is 446 g/mol. The molecule has 1 unspecified atom stereocenters. The standard InChI is InChI=1S/C26H30N4O3/c31-25(27-16-21-18-29(14-15-33-21)17-19-6-2-1-3-7-19)13-12-24-28-23-9-5-4-8-22(23)26(32)30(24)20-10-11-20/h1-9,20-21H,10-18H2,(H,27,31). The second-order valence-electron chi connectivity index (χ2n) is 8.97. The lowest BCUT2D eigenvalue weighted by Crippen LogP contribution is -2.47. The Morgan fingerprint density at radius 3 is 2.70 bits per heavy atom. The summed E-state index contributed by atoms with van der Waals surface area (Å²) in [6, 6.07) is 18.1. The van der Waals surface area contributed by atoms with Crippen LogP contribution in [0.2, 0.25) is 0 Å². The Hall–Kier alpha value is -3.03. The summed E-state index contributed by atoms with van der Waals surface area (Å²) in [5.41, 5.74) is 1.99. The minimum Gasteiger partial charge on any atom is -0.374 e. The average Bonchev–Trinajstić information content (AvgIpc) is 3.67. The predicted octanol–water partition coefficient (Wildman–Crippen LogP) is 2.68. The zero-order valence-electron chi connectivity index (χ0n) is 18.8. The quantitative estimate of drug-likeness (QED) is 0.576. The van der Waals surface area contributed by atoms with E-state index in [1.807, 2.05) is 30.3 Å². The van der Waals surface area contributed by atoms with Gasteiger partial charge in [-0.3, -0.25) is 19.1 Å². The van der Waals surface area contributed by atoms with Gasteiger partial charge < -0.3 is 10.1 Å². The van der Waals surface area contributed by atoms with E-state index in [4.69, 9.17) is 9.72 Å². The van der Waals surface area contributed by atoms with Gasteiger partial charge in [0.05, 0.1) is 23.6 Å². The maximum absolute atomic E-state index is 13.0. The molecule has 1 aliphatic heterocycles. The highest BCUT2D eigenvalue weighted by Crippen LogP contribution is 2.34. The largest absolute Gasteiger partial charge is 0.374 e. The van der Waals surface area contributed by atoms with Crippen molar-refractivity contribution in [1.29, 1.82) is 0 Å². The van der Waals surface area contributed by atoms with Gasteiger partial charge >= 0.3 is 0 Å². The first-order valence-corrected chi connectivity index (χ1v) is 11.8. The van der Waals surface area contributed by atoms with Crippen LogP contribution >= 0.6 is 0 Å². The van der Waals surface area contributed by atoms with Crippen molar-refractivity contribution in [1.82, 2.24) is 19.8 Å². The number of rotatable bonds is 8. The van der Waals surface area contributed by atoms with Crippen LogP contribution in [-0.4, -0.2) is 52.7 Å². The number of nitrogens with zero attached hydrogens (tertiary/aromatic N) is 3. The molecule has 7 nitrogen and oxygen atoms in total. The number of nitrogens with one attached hydrogen (secondary N) is 1. The summed E-state index contributed by atoms with van der Waals surface area (Å²) in [4.78, 5) is 32.6. The van der Waals surface area contributed by atoms with Crippen LogP contribution in [0.25, 0.3) is 10.9 Å². The maximum atomic E-state index is 13.0. The van der Waals surface area contributed by atoms with E-state index in [2.05, 4.69) is 34.5 Å². The van der Waals surface area contributed by atoms with Crippen LogP contribution in [-0.2, 0) is 22.5 Å². The van der Waals surface area contributed by atoms with Crippen molar-refractivity contribution in [2.75, 3.05) is 26.2 Å². The van der Waals surface area contributed by atoms with Gasteiger partial charge in [0.15, 0.2) is 0 Å². The lowest BCUT2D eigenvalue weighted by Gasteiger charge is -2.33. The Labute approximate surface area is 193 Å². The molecular formula is C26H30N4O3. The van der Waals surface area contributed by atoms with Gasteiger partial charge in [-0.2, -0.15) is 0 Å². The first-order chi connectivity index (χ1) is 16.2. The summed E-state index contributed by atoms with van der Waals surface area (Å²) in [5.74, 6) is 0.669. The van der Waals surface area contributed by atoms with E-state index in [0.29, 0.717) is 42.7 Å². The molecule has 0 radical (unpaired) electrons.